The number of carbonyl (C=O) groups is 2. The highest BCUT2D eigenvalue weighted by Gasteiger charge is 2.58. The molecule has 0 aromatic heterocycles. The maximum Gasteiger partial charge on any atom is 0.235 e. The van der Waals surface area contributed by atoms with Crippen LogP contribution in [0.15, 0.2) is 24.3 Å². The second kappa shape index (κ2) is 3.05. The van der Waals surface area contributed by atoms with Gasteiger partial charge in [0.15, 0.2) is 0 Å². The zero-order valence-corrected chi connectivity index (χ0v) is 11.2. The standard InChI is InChI=1S/C14H18N2O2/c1-13-7-5-10(16(4)11(13)17)14(2)8-6-9(13)15(3)12(14)18/h5-10H,1-4H3/t9-,10+,13-,14-/m0/s1. The summed E-state index contributed by atoms with van der Waals surface area (Å²) in [5.41, 5.74) is -1.29. The molecular weight excluding hydrogens is 228 g/mol. The first-order valence-corrected chi connectivity index (χ1v) is 6.25. The lowest BCUT2D eigenvalue weighted by molar-refractivity contribution is -0.159. The van der Waals surface area contributed by atoms with Crippen LogP contribution in [0.25, 0.3) is 0 Å². The Kier molecular flexibility index (Phi) is 1.95. The molecule has 1 saturated heterocycles. The highest BCUT2D eigenvalue weighted by Crippen LogP contribution is 2.47. The molecule has 0 N–H and O–H groups in total. The molecule has 4 nitrogen and oxygen atoms in total. The van der Waals surface area contributed by atoms with Crippen LogP contribution in [0.5, 0.6) is 0 Å². The molecule has 18 heavy (non-hydrogen) atoms. The maximum absolute atomic E-state index is 12.6. The number of likely N-dealkylation sites (N-methyl/N-ethyl adjacent to an activating group) is 2. The monoisotopic (exact) mass is 246 g/mol. The lowest BCUT2D eigenvalue weighted by atomic mass is 9.65. The molecule has 1 aliphatic carbocycles. The molecule has 5 aliphatic heterocycles. The summed E-state index contributed by atoms with van der Waals surface area (Å²) in [5, 5.41) is 0. The Balaban J connectivity index is 2.30. The summed E-state index contributed by atoms with van der Waals surface area (Å²) in [6, 6.07) is -0.379. The Hall–Kier alpha value is -1.58. The molecule has 6 rings (SSSR count). The SMILES string of the molecule is CN1C(=O)[C@@]2(C)C=C[C@H]1[C@]1(C)C=C[C@H]2N(C)C1=O. The van der Waals surface area contributed by atoms with Crippen molar-refractivity contribution in [1.29, 1.82) is 0 Å². The third kappa shape index (κ3) is 1.02. The van der Waals surface area contributed by atoms with Gasteiger partial charge < -0.3 is 9.80 Å². The molecule has 1 fully saturated rings. The number of hydrogen-bond donors (Lipinski definition) is 0. The van der Waals surface area contributed by atoms with Crippen LogP contribution in [-0.4, -0.2) is 47.8 Å². The molecule has 0 aromatic carbocycles. The van der Waals surface area contributed by atoms with Crippen LogP contribution in [-0.2, 0) is 9.59 Å². The van der Waals surface area contributed by atoms with Crippen molar-refractivity contribution in [2.45, 2.75) is 25.9 Å². The summed E-state index contributed by atoms with van der Waals surface area (Å²) in [6.45, 7) is 3.82. The van der Waals surface area contributed by atoms with Gasteiger partial charge in [-0.15, -0.1) is 0 Å². The number of rotatable bonds is 0. The average molecular weight is 246 g/mol. The fourth-order valence-corrected chi connectivity index (χ4v) is 3.65. The predicted octanol–water partition coefficient (Wildman–Crippen LogP) is 0.806. The number of hydrogen-bond acceptors (Lipinski definition) is 2. The Morgan fingerprint density at radius 3 is 1.56 bits per heavy atom. The first kappa shape index (κ1) is 11.5. The zero-order chi connectivity index (χ0) is 13.3. The van der Waals surface area contributed by atoms with E-state index in [1.54, 1.807) is 23.9 Å². The summed E-state index contributed by atoms with van der Waals surface area (Å²) < 4.78 is 0. The third-order valence-corrected chi connectivity index (χ3v) is 4.88. The lowest BCUT2D eigenvalue weighted by Gasteiger charge is -2.55. The molecule has 0 unspecified atom stereocenters. The van der Waals surface area contributed by atoms with E-state index in [-0.39, 0.29) is 23.9 Å². The second-order valence-corrected chi connectivity index (χ2v) is 6.01. The molecule has 4 heteroatoms. The highest BCUT2D eigenvalue weighted by molar-refractivity contribution is 5.95. The molecular formula is C14H18N2O2. The zero-order valence-electron chi connectivity index (χ0n) is 11.2. The smallest absolute Gasteiger partial charge is 0.235 e. The summed E-state index contributed by atoms with van der Waals surface area (Å²) in [6.07, 6.45) is 8.00. The van der Waals surface area contributed by atoms with Crippen LogP contribution in [0.2, 0.25) is 0 Å². The van der Waals surface area contributed by atoms with Gasteiger partial charge in [-0.3, -0.25) is 9.59 Å². The molecule has 5 heterocycles. The molecule has 6 aliphatic rings. The van der Waals surface area contributed by atoms with E-state index in [1.165, 1.54) is 0 Å². The van der Waals surface area contributed by atoms with Gasteiger partial charge in [-0.05, 0) is 13.8 Å². The van der Waals surface area contributed by atoms with Crippen molar-refractivity contribution in [3.05, 3.63) is 24.3 Å². The van der Waals surface area contributed by atoms with Crippen molar-refractivity contribution in [3.63, 3.8) is 0 Å². The van der Waals surface area contributed by atoms with Crippen molar-refractivity contribution < 1.29 is 9.59 Å². The van der Waals surface area contributed by atoms with Gasteiger partial charge >= 0.3 is 0 Å². The maximum atomic E-state index is 12.6. The minimum absolute atomic E-state index is 0.0925. The Morgan fingerprint density at radius 1 is 0.889 bits per heavy atom. The normalized spacial score (nSPS) is 45.8. The molecule has 0 saturated carbocycles. The largest absolute Gasteiger partial charge is 0.337 e. The summed E-state index contributed by atoms with van der Waals surface area (Å²) in [4.78, 5) is 28.6. The quantitative estimate of drug-likeness (QED) is 0.593. The highest BCUT2D eigenvalue weighted by atomic mass is 16.2. The van der Waals surface area contributed by atoms with Gasteiger partial charge in [0.2, 0.25) is 11.8 Å². The van der Waals surface area contributed by atoms with E-state index in [0.717, 1.165) is 0 Å². The summed E-state index contributed by atoms with van der Waals surface area (Å²) in [5.74, 6) is 0.185. The van der Waals surface area contributed by atoms with E-state index >= 15 is 0 Å². The predicted molar refractivity (Wildman–Crippen MR) is 67.6 cm³/mol. The average Bonchev–Trinajstić information content (AvgIpc) is 2.32. The van der Waals surface area contributed by atoms with Crippen LogP contribution in [0.1, 0.15) is 13.8 Å². The van der Waals surface area contributed by atoms with Crippen LogP contribution < -0.4 is 0 Å². The molecule has 0 aromatic rings. The van der Waals surface area contributed by atoms with E-state index in [9.17, 15) is 9.59 Å². The number of amides is 2. The van der Waals surface area contributed by atoms with Crippen molar-refractivity contribution in [1.82, 2.24) is 9.80 Å². The van der Waals surface area contributed by atoms with Gasteiger partial charge in [0.25, 0.3) is 0 Å². The third-order valence-electron chi connectivity index (χ3n) is 4.88. The van der Waals surface area contributed by atoms with Gasteiger partial charge in [-0.25, -0.2) is 0 Å². The summed E-state index contributed by atoms with van der Waals surface area (Å²) >= 11 is 0. The first-order chi connectivity index (χ1) is 8.32. The fraction of sp³-hybridized carbons (Fsp3) is 0.571. The van der Waals surface area contributed by atoms with Crippen LogP contribution in [0, 0.1) is 10.8 Å². The summed E-state index contributed by atoms with van der Waals surface area (Å²) in [7, 11) is 3.59. The molecule has 4 atom stereocenters. The second-order valence-electron chi connectivity index (χ2n) is 6.01. The molecule has 4 bridgehead atoms. The number of nitrogens with zero attached hydrogens (tertiary/aromatic N) is 2. The van der Waals surface area contributed by atoms with E-state index < -0.39 is 10.8 Å². The van der Waals surface area contributed by atoms with Crippen LogP contribution in [0.3, 0.4) is 0 Å². The molecule has 0 spiro atoms. The van der Waals surface area contributed by atoms with Crippen molar-refractivity contribution in [3.8, 4) is 0 Å². The van der Waals surface area contributed by atoms with Crippen LogP contribution in [0.4, 0.5) is 0 Å². The van der Waals surface area contributed by atoms with Gasteiger partial charge in [-0.1, -0.05) is 24.3 Å². The molecule has 2 amide bonds. The van der Waals surface area contributed by atoms with Gasteiger partial charge in [-0.2, -0.15) is 0 Å². The van der Waals surface area contributed by atoms with Gasteiger partial charge in [0, 0.05) is 14.1 Å². The minimum Gasteiger partial charge on any atom is -0.337 e. The van der Waals surface area contributed by atoms with Crippen LogP contribution >= 0.6 is 0 Å². The van der Waals surface area contributed by atoms with Crippen molar-refractivity contribution in [2.75, 3.05) is 14.1 Å². The molecule has 0 radical (unpaired) electrons. The van der Waals surface area contributed by atoms with E-state index in [0.29, 0.717) is 0 Å². The van der Waals surface area contributed by atoms with Gasteiger partial charge in [0.1, 0.15) is 0 Å². The Bertz CT molecular complexity index is 464. The fourth-order valence-electron chi connectivity index (χ4n) is 3.65. The Labute approximate surface area is 107 Å². The molecule has 96 valence electrons. The lowest BCUT2D eigenvalue weighted by Crippen LogP contribution is -2.68. The minimum atomic E-state index is -0.645. The van der Waals surface area contributed by atoms with E-state index in [2.05, 4.69) is 0 Å². The topological polar surface area (TPSA) is 40.6 Å². The Morgan fingerprint density at radius 2 is 1.22 bits per heavy atom. The van der Waals surface area contributed by atoms with Crippen molar-refractivity contribution >= 4 is 11.8 Å². The van der Waals surface area contributed by atoms with Gasteiger partial charge in [0.05, 0.1) is 22.9 Å². The first-order valence-electron chi connectivity index (χ1n) is 6.25. The van der Waals surface area contributed by atoms with E-state index in [4.69, 9.17) is 0 Å². The van der Waals surface area contributed by atoms with Crippen molar-refractivity contribution in [2.24, 2.45) is 10.8 Å². The van der Waals surface area contributed by atoms with E-state index in [1.807, 2.05) is 38.2 Å². The number of carbonyl (C=O) groups excluding carboxylic acids is 2.